The minimum Gasteiger partial charge on any atom is -0.355 e. The van der Waals surface area contributed by atoms with Gasteiger partial charge in [-0.3, -0.25) is 10.1 Å². The lowest BCUT2D eigenvalue weighted by atomic mass is 10.0. The summed E-state index contributed by atoms with van der Waals surface area (Å²) in [7, 11) is 0. The number of nitro groups is 1. The van der Waals surface area contributed by atoms with Crippen molar-refractivity contribution in [3.05, 3.63) is 40.1 Å². The van der Waals surface area contributed by atoms with Crippen LogP contribution in [0.5, 0.6) is 0 Å². The van der Waals surface area contributed by atoms with Crippen LogP contribution in [-0.4, -0.2) is 15.9 Å². The number of nitrogens with one attached hydrogen (secondary N) is 1. The van der Waals surface area contributed by atoms with Crippen LogP contribution in [0.4, 0.5) is 5.69 Å². The van der Waals surface area contributed by atoms with E-state index in [-0.39, 0.29) is 16.7 Å². The van der Waals surface area contributed by atoms with Crippen molar-refractivity contribution in [3.8, 4) is 0 Å². The quantitative estimate of drug-likeness (QED) is 0.611. The Labute approximate surface area is 92.4 Å². The summed E-state index contributed by atoms with van der Waals surface area (Å²) in [5.74, 6) is 0. The molecule has 2 aromatic rings. The van der Waals surface area contributed by atoms with E-state index in [1.54, 1.807) is 6.07 Å². The molecule has 1 atom stereocenters. The second-order valence-electron chi connectivity index (χ2n) is 3.95. The highest BCUT2D eigenvalue weighted by atomic mass is 16.6. The molecule has 1 aromatic carbocycles. The summed E-state index contributed by atoms with van der Waals surface area (Å²) in [6, 6.07) is 5.54. The number of rotatable bonds is 3. The number of aromatic nitrogens is 1. The molecule has 0 spiro atoms. The van der Waals surface area contributed by atoms with Crippen LogP contribution < -0.4 is 5.73 Å². The van der Waals surface area contributed by atoms with Crippen molar-refractivity contribution in [2.24, 2.45) is 5.73 Å². The number of hydrogen-bond donors (Lipinski definition) is 2. The van der Waals surface area contributed by atoms with Crippen molar-refractivity contribution in [2.75, 3.05) is 0 Å². The Morgan fingerprint density at radius 3 is 2.94 bits per heavy atom. The van der Waals surface area contributed by atoms with E-state index in [0.29, 0.717) is 11.8 Å². The summed E-state index contributed by atoms with van der Waals surface area (Å²) in [6.45, 7) is 1.91. The van der Waals surface area contributed by atoms with Gasteiger partial charge in [-0.25, -0.2) is 0 Å². The second kappa shape index (κ2) is 3.94. The molecule has 3 N–H and O–H groups in total. The zero-order valence-corrected chi connectivity index (χ0v) is 8.93. The third kappa shape index (κ3) is 1.77. The molecule has 0 aliphatic heterocycles. The molecule has 0 bridgehead atoms. The number of H-pyrrole nitrogens is 1. The van der Waals surface area contributed by atoms with Crippen molar-refractivity contribution in [2.45, 2.75) is 19.4 Å². The molecule has 1 heterocycles. The standard InChI is InChI=1S/C11H13N3O2/c1-7(12)5-8-3-2-4-9-10(14(15)16)6-13-11(8)9/h2-4,6-7,13H,5,12H2,1H3. The maximum atomic E-state index is 10.8. The highest BCUT2D eigenvalue weighted by molar-refractivity contribution is 5.91. The number of nitrogens with two attached hydrogens (primary N) is 1. The monoisotopic (exact) mass is 219 g/mol. The Morgan fingerprint density at radius 1 is 1.56 bits per heavy atom. The van der Waals surface area contributed by atoms with E-state index >= 15 is 0 Å². The van der Waals surface area contributed by atoms with Gasteiger partial charge < -0.3 is 10.7 Å². The van der Waals surface area contributed by atoms with E-state index in [1.807, 2.05) is 19.1 Å². The predicted octanol–water partition coefficient (Wildman–Crippen LogP) is 1.97. The van der Waals surface area contributed by atoms with E-state index < -0.39 is 0 Å². The molecule has 0 fully saturated rings. The van der Waals surface area contributed by atoms with Crippen molar-refractivity contribution < 1.29 is 4.92 Å². The Morgan fingerprint density at radius 2 is 2.31 bits per heavy atom. The van der Waals surface area contributed by atoms with Gasteiger partial charge in [0.25, 0.3) is 5.69 Å². The molecular formula is C11H13N3O2. The molecule has 0 aliphatic carbocycles. The van der Waals surface area contributed by atoms with Crippen LogP contribution >= 0.6 is 0 Å². The SMILES string of the molecule is CC(N)Cc1cccc2c([N+](=O)[O-])c[nH]c12. The maximum Gasteiger partial charge on any atom is 0.294 e. The minimum absolute atomic E-state index is 0.0351. The molecule has 16 heavy (non-hydrogen) atoms. The van der Waals surface area contributed by atoms with Crippen molar-refractivity contribution in [1.82, 2.24) is 4.98 Å². The number of fused-ring (bicyclic) bond motifs is 1. The minimum atomic E-state index is -0.380. The molecule has 1 unspecified atom stereocenters. The molecule has 0 radical (unpaired) electrons. The summed E-state index contributed by atoms with van der Waals surface area (Å²) < 4.78 is 0. The molecule has 5 nitrogen and oxygen atoms in total. The Balaban J connectivity index is 2.57. The summed E-state index contributed by atoms with van der Waals surface area (Å²) in [4.78, 5) is 13.3. The van der Waals surface area contributed by atoms with Crippen LogP contribution in [-0.2, 0) is 6.42 Å². The fraction of sp³-hybridized carbons (Fsp3) is 0.273. The van der Waals surface area contributed by atoms with Crippen molar-refractivity contribution in [3.63, 3.8) is 0 Å². The smallest absolute Gasteiger partial charge is 0.294 e. The van der Waals surface area contributed by atoms with Gasteiger partial charge in [-0.05, 0) is 25.0 Å². The predicted molar refractivity (Wildman–Crippen MR) is 62.3 cm³/mol. The van der Waals surface area contributed by atoms with Crippen molar-refractivity contribution >= 4 is 16.6 Å². The maximum absolute atomic E-state index is 10.8. The summed E-state index contributed by atoms with van der Waals surface area (Å²) in [5.41, 5.74) is 7.67. The first kappa shape index (κ1) is 10.6. The molecule has 0 aliphatic rings. The first-order valence-corrected chi connectivity index (χ1v) is 5.08. The van der Waals surface area contributed by atoms with Gasteiger partial charge in [-0.1, -0.05) is 12.1 Å². The first-order valence-electron chi connectivity index (χ1n) is 5.08. The normalized spacial score (nSPS) is 12.9. The molecule has 84 valence electrons. The van der Waals surface area contributed by atoms with E-state index in [4.69, 9.17) is 5.73 Å². The van der Waals surface area contributed by atoms with Gasteiger partial charge in [0.2, 0.25) is 0 Å². The van der Waals surface area contributed by atoms with E-state index in [9.17, 15) is 10.1 Å². The fourth-order valence-corrected chi connectivity index (χ4v) is 1.87. The highest BCUT2D eigenvalue weighted by Crippen LogP contribution is 2.27. The van der Waals surface area contributed by atoms with Gasteiger partial charge in [0.15, 0.2) is 0 Å². The summed E-state index contributed by atoms with van der Waals surface area (Å²) in [6.07, 6.45) is 2.13. The highest BCUT2D eigenvalue weighted by Gasteiger charge is 2.15. The molecule has 0 saturated heterocycles. The van der Waals surface area contributed by atoms with Gasteiger partial charge in [-0.2, -0.15) is 0 Å². The number of benzene rings is 1. The lowest BCUT2D eigenvalue weighted by Gasteiger charge is -2.05. The molecule has 1 aromatic heterocycles. The topological polar surface area (TPSA) is 84.9 Å². The van der Waals surface area contributed by atoms with Crippen molar-refractivity contribution in [1.29, 1.82) is 0 Å². The number of para-hydroxylation sites is 1. The molecule has 2 rings (SSSR count). The molecule has 0 saturated carbocycles. The van der Waals surface area contributed by atoms with E-state index in [2.05, 4.69) is 4.98 Å². The van der Waals surface area contributed by atoms with Gasteiger partial charge in [0.1, 0.15) is 0 Å². The largest absolute Gasteiger partial charge is 0.355 e. The van der Waals surface area contributed by atoms with Crippen LogP contribution in [0, 0.1) is 10.1 Å². The molecule has 0 amide bonds. The molecular weight excluding hydrogens is 206 g/mol. The van der Waals surface area contributed by atoms with E-state index in [1.165, 1.54) is 6.20 Å². The second-order valence-corrected chi connectivity index (χ2v) is 3.95. The number of nitrogens with zero attached hydrogens (tertiary/aromatic N) is 1. The van der Waals surface area contributed by atoms with Crippen LogP contribution in [0.1, 0.15) is 12.5 Å². The van der Waals surface area contributed by atoms with Gasteiger partial charge in [0, 0.05) is 6.04 Å². The summed E-state index contributed by atoms with van der Waals surface area (Å²) in [5, 5.41) is 11.4. The van der Waals surface area contributed by atoms with Gasteiger partial charge >= 0.3 is 0 Å². The van der Waals surface area contributed by atoms with Gasteiger partial charge in [-0.15, -0.1) is 0 Å². The first-order chi connectivity index (χ1) is 7.59. The average Bonchev–Trinajstić information content (AvgIpc) is 2.61. The van der Waals surface area contributed by atoms with Gasteiger partial charge in [0.05, 0.1) is 22.0 Å². The number of aromatic amines is 1. The molecule has 5 heteroatoms. The fourth-order valence-electron chi connectivity index (χ4n) is 1.87. The zero-order chi connectivity index (χ0) is 11.7. The third-order valence-corrected chi connectivity index (χ3v) is 2.52. The number of hydrogen-bond acceptors (Lipinski definition) is 3. The summed E-state index contributed by atoms with van der Waals surface area (Å²) >= 11 is 0. The third-order valence-electron chi connectivity index (χ3n) is 2.52. The van der Waals surface area contributed by atoms with E-state index in [0.717, 1.165) is 11.1 Å². The Bertz CT molecular complexity index is 531. The zero-order valence-electron chi connectivity index (χ0n) is 8.93. The average molecular weight is 219 g/mol. The lowest BCUT2D eigenvalue weighted by Crippen LogP contribution is -2.17. The lowest BCUT2D eigenvalue weighted by molar-refractivity contribution is -0.383. The van der Waals surface area contributed by atoms with Crippen LogP contribution in [0.2, 0.25) is 0 Å². The van der Waals surface area contributed by atoms with Crippen LogP contribution in [0.3, 0.4) is 0 Å². The Hall–Kier alpha value is -1.88. The van der Waals surface area contributed by atoms with Crippen LogP contribution in [0.15, 0.2) is 24.4 Å². The Kier molecular flexibility index (Phi) is 2.62. The van der Waals surface area contributed by atoms with Crippen LogP contribution in [0.25, 0.3) is 10.9 Å².